The molecule has 5 rings (SSSR count). The SMILES string of the molecule is O=C(O)c1ccccc1C(=O)OC1=C([P+](c2ccccc2)(c2ccccc2)c2ccccc2)CCC1.[OH-]. The summed E-state index contributed by atoms with van der Waals surface area (Å²) in [6, 6.07) is 37.6. The maximum absolute atomic E-state index is 13.3. The summed E-state index contributed by atoms with van der Waals surface area (Å²) in [4.78, 5) is 25.0. The maximum Gasteiger partial charge on any atom is 0.344 e. The van der Waals surface area contributed by atoms with E-state index >= 15 is 0 Å². The van der Waals surface area contributed by atoms with Gasteiger partial charge in [0.15, 0.2) is 0 Å². The van der Waals surface area contributed by atoms with Gasteiger partial charge in [-0.3, -0.25) is 0 Å². The van der Waals surface area contributed by atoms with Gasteiger partial charge in [-0.2, -0.15) is 0 Å². The molecule has 0 radical (unpaired) electrons. The van der Waals surface area contributed by atoms with Crippen LogP contribution in [0.4, 0.5) is 0 Å². The van der Waals surface area contributed by atoms with E-state index in [1.165, 1.54) is 28.0 Å². The fourth-order valence-electron chi connectivity index (χ4n) is 5.05. The minimum Gasteiger partial charge on any atom is -0.870 e. The minimum atomic E-state index is -2.35. The smallest absolute Gasteiger partial charge is 0.344 e. The molecule has 0 aromatic heterocycles. The van der Waals surface area contributed by atoms with E-state index in [0.717, 1.165) is 18.2 Å². The Morgan fingerprint density at radius 2 is 1.05 bits per heavy atom. The number of hydrogen-bond donors (Lipinski definition) is 1. The molecule has 0 aliphatic heterocycles. The van der Waals surface area contributed by atoms with Gasteiger partial charge in [-0.1, -0.05) is 66.7 Å². The summed E-state index contributed by atoms with van der Waals surface area (Å²) in [7, 11) is -2.35. The number of benzene rings is 4. The van der Waals surface area contributed by atoms with Gasteiger partial charge in [0.2, 0.25) is 0 Å². The Labute approximate surface area is 216 Å². The lowest BCUT2D eigenvalue weighted by Gasteiger charge is -2.29. The molecule has 0 saturated carbocycles. The number of carboxylic acids is 1. The lowest BCUT2D eigenvalue weighted by atomic mass is 10.1. The predicted molar refractivity (Wildman–Crippen MR) is 147 cm³/mol. The molecule has 37 heavy (non-hydrogen) atoms. The molecule has 0 unspecified atom stereocenters. The molecule has 4 aromatic rings. The number of carbonyl (C=O) groups is 2. The van der Waals surface area contributed by atoms with Crippen molar-refractivity contribution in [3.05, 3.63) is 137 Å². The van der Waals surface area contributed by atoms with E-state index in [1.54, 1.807) is 12.1 Å². The van der Waals surface area contributed by atoms with E-state index < -0.39 is 19.2 Å². The Morgan fingerprint density at radius 3 is 1.51 bits per heavy atom. The normalized spacial score (nSPS) is 13.1. The van der Waals surface area contributed by atoms with Gasteiger partial charge in [0.05, 0.1) is 11.1 Å². The summed E-state index contributed by atoms with van der Waals surface area (Å²) in [5.74, 6) is -1.12. The molecule has 4 aromatic carbocycles. The van der Waals surface area contributed by atoms with Crippen LogP contribution in [0.15, 0.2) is 126 Å². The van der Waals surface area contributed by atoms with Crippen molar-refractivity contribution in [3.63, 3.8) is 0 Å². The van der Waals surface area contributed by atoms with Gasteiger partial charge in [0.1, 0.15) is 34.2 Å². The second-order valence-corrected chi connectivity index (χ2v) is 12.1. The first-order chi connectivity index (χ1) is 17.6. The molecular formula is C31H27O5P. The van der Waals surface area contributed by atoms with Crippen LogP contribution >= 0.6 is 7.26 Å². The van der Waals surface area contributed by atoms with Crippen molar-refractivity contribution < 1.29 is 24.9 Å². The summed E-state index contributed by atoms with van der Waals surface area (Å²) in [6.07, 6.45) is 2.30. The number of allylic oxidation sites excluding steroid dienone is 2. The summed E-state index contributed by atoms with van der Waals surface area (Å²) in [6.45, 7) is 0. The molecule has 6 heteroatoms. The van der Waals surface area contributed by atoms with Crippen molar-refractivity contribution in [3.8, 4) is 0 Å². The second-order valence-electron chi connectivity index (χ2n) is 8.64. The van der Waals surface area contributed by atoms with E-state index in [1.807, 2.05) is 18.2 Å². The first-order valence-electron chi connectivity index (χ1n) is 12.0. The second kappa shape index (κ2) is 11.3. The summed E-state index contributed by atoms with van der Waals surface area (Å²) >= 11 is 0. The Morgan fingerprint density at radius 1 is 0.622 bits per heavy atom. The molecule has 2 N–H and O–H groups in total. The third-order valence-corrected chi connectivity index (χ3v) is 11.1. The van der Waals surface area contributed by atoms with Crippen LogP contribution in [0.3, 0.4) is 0 Å². The van der Waals surface area contributed by atoms with Crippen LogP contribution in [-0.2, 0) is 4.74 Å². The van der Waals surface area contributed by atoms with Crippen LogP contribution < -0.4 is 15.9 Å². The third kappa shape index (κ3) is 4.84. The van der Waals surface area contributed by atoms with Crippen LogP contribution in [0.1, 0.15) is 40.0 Å². The molecular weight excluding hydrogens is 483 g/mol. The standard InChI is InChI=1S/C31H25O4P.H2O/c32-30(33)26-19-10-11-20-27(26)31(34)35-28-21-12-22-29(28)36(23-13-4-1-5-14-23,24-15-6-2-7-16-24)25-17-8-3-9-18-25;/h1-11,13-20H,12,21-22H2;1H2. The Bertz CT molecular complexity index is 1320. The summed E-state index contributed by atoms with van der Waals surface area (Å²) in [5, 5.41) is 14.3. The molecule has 1 aliphatic rings. The molecule has 1 aliphatic carbocycles. The van der Waals surface area contributed by atoms with E-state index in [-0.39, 0.29) is 16.6 Å². The molecule has 0 heterocycles. The van der Waals surface area contributed by atoms with E-state index in [9.17, 15) is 14.7 Å². The van der Waals surface area contributed by atoms with Crippen LogP contribution in [-0.4, -0.2) is 22.5 Å². The van der Waals surface area contributed by atoms with Gasteiger partial charge in [0, 0.05) is 12.8 Å². The average Bonchev–Trinajstić information content (AvgIpc) is 3.39. The topological polar surface area (TPSA) is 93.6 Å². The van der Waals surface area contributed by atoms with Crippen molar-refractivity contribution in [1.29, 1.82) is 0 Å². The van der Waals surface area contributed by atoms with Crippen molar-refractivity contribution >= 4 is 35.1 Å². The van der Waals surface area contributed by atoms with Gasteiger partial charge in [-0.05, 0) is 55.0 Å². The van der Waals surface area contributed by atoms with Crippen LogP contribution in [0.5, 0.6) is 0 Å². The molecule has 0 fully saturated rings. The third-order valence-electron chi connectivity index (χ3n) is 6.57. The number of carboxylic acid groups (broad SMARTS) is 1. The van der Waals surface area contributed by atoms with Gasteiger partial charge in [-0.15, -0.1) is 0 Å². The highest BCUT2D eigenvalue weighted by atomic mass is 31.2. The first-order valence-corrected chi connectivity index (χ1v) is 13.7. The van der Waals surface area contributed by atoms with E-state index in [4.69, 9.17) is 4.74 Å². The Hall–Kier alpha value is -4.05. The number of aromatic carboxylic acids is 1. The summed E-state index contributed by atoms with van der Waals surface area (Å²) < 4.78 is 6.08. The highest BCUT2D eigenvalue weighted by molar-refractivity contribution is 7.99. The van der Waals surface area contributed by atoms with Crippen LogP contribution in [0, 0.1) is 0 Å². The molecule has 0 saturated heterocycles. The number of ether oxygens (including phenoxy) is 1. The number of carbonyl (C=O) groups excluding carboxylic acids is 1. The zero-order valence-electron chi connectivity index (χ0n) is 20.2. The van der Waals surface area contributed by atoms with Crippen molar-refractivity contribution in [2.45, 2.75) is 19.3 Å². The van der Waals surface area contributed by atoms with Crippen molar-refractivity contribution in [1.82, 2.24) is 0 Å². The van der Waals surface area contributed by atoms with Gasteiger partial charge in [0.25, 0.3) is 0 Å². The average molecular weight is 511 g/mol. The lowest BCUT2D eigenvalue weighted by Crippen LogP contribution is -2.32. The number of esters is 1. The number of hydrogen-bond acceptors (Lipinski definition) is 4. The van der Waals surface area contributed by atoms with Gasteiger partial charge >= 0.3 is 11.9 Å². The van der Waals surface area contributed by atoms with Gasteiger partial charge < -0.3 is 15.3 Å². The molecule has 186 valence electrons. The molecule has 0 spiro atoms. The van der Waals surface area contributed by atoms with E-state index in [2.05, 4.69) is 72.8 Å². The Kier molecular flexibility index (Phi) is 7.98. The highest BCUT2D eigenvalue weighted by Gasteiger charge is 2.52. The molecule has 0 amide bonds. The zero-order valence-corrected chi connectivity index (χ0v) is 21.1. The summed E-state index contributed by atoms with van der Waals surface area (Å²) in [5.41, 5.74) is 0.00435. The molecule has 0 atom stereocenters. The van der Waals surface area contributed by atoms with Crippen LogP contribution in [0.25, 0.3) is 0 Å². The first kappa shape index (κ1) is 26.0. The number of rotatable bonds is 7. The fraction of sp³-hybridized carbons (Fsp3) is 0.0968. The quantitative estimate of drug-likeness (QED) is 0.252. The largest absolute Gasteiger partial charge is 0.870 e. The van der Waals surface area contributed by atoms with Crippen molar-refractivity contribution in [2.24, 2.45) is 0 Å². The fourth-order valence-corrected chi connectivity index (χ4v) is 9.76. The monoisotopic (exact) mass is 510 g/mol. The molecule has 5 nitrogen and oxygen atoms in total. The van der Waals surface area contributed by atoms with Crippen molar-refractivity contribution in [2.75, 3.05) is 0 Å². The maximum atomic E-state index is 13.3. The lowest BCUT2D eigenvalue weighted by molar-refractivity contribution is 0.0596. The van der Waals surface area contributed by atoms with E-state index in [0.29, 0.717) is 12.2 Å². The van der Waals surface area contributed by atoms with Crippen LogP contribution in [0.2, 0.25) is 0 Å². The van der Waals surface area contributed by atoms with Gasteiger partial charge in [-0.25, -0.2) is 9.59 Å². The highest BCUT2D eigenvalue weighted by Crippen LogP contribution is 2.66. The Balaban J connectivity index is 0.00000320. The minimum absolute atomic E-state index is 0. The zero-order chi connectivity index (χ0) is 25.0. The predicted octanol–water partition coefficient (Wildman–Crippen LogP) is 5.75. The molecule has 0 bridgehead atoms.